The van der Waals surface area contributed by atoms with Crippen LogP contribution in [0.3, 0.4) is 0 Å². The molecule has 3 N–H and O–H groups in total. The van der Waals surface area contributed by atoms with Gasteiger partial charge >= 0.3 is 0 Å². The molecule has 2 aromatic heterocycles. The second kappa shape index (κ2) is 8.98. The molecule has 0 atom stereocenters. The zero-order valence-corrected chi connectivity index (χ0v) is 20.2. The van der Waals surface area contributed by atoms with Crippen molar-refractivity contribution in [2.24, 2.45) is 0 Å². The number of para-hydroxylation sites is 2. The van der Waals surface area contributed by atoms with E-state index in [1.807, 2.05) is 24.3 Å². The molecule has 0 unspecified atom stereocenters. The molecule has 10 heteroatoms. The number of nitrogens with two attached hydrogens (primary N) is 1. The Morgan fingerprint density at radius 1 is 0.914 bits per heavy atom. The number of nitrogen functional groups attached to an aromatic ring is 1. The number of methoxy groups -OCH3 is 2. The maximum Gasteiger partial charge on any atom is 0.261 e. The molecule has 0 saturated carbocycles. The number of nitrogens with zero attached hydrogens (tertiary/aromatic N) is 3. The molecule has 5 aromatic rings. The Labute approximate surface area is 210 Å². The molecule has 0 bridgehead atoms. The smallest absolute Gasteiger partial charge is 0.261 e. The van der Waals surface area contributed by atoms with Crippen LogP contribution in [0.1, 0.15) is 10.4 Å². The first-order valence-corrected chi connectivity index (χ1v) is 11.2. The molecule has 0 fully saturated rings. The standard InChI is InChI=1S/C25H19Cl2N5O3/c1-34-19-10-7-13(11-20(19)35-2)29-25(33)21-22-24(31-18-6-4-3-5-17(18)30-22)32(23(21)28)14-8-9-15(26)16(27)12-14/h3-12H,28H2,1-2H3,(H,29,33). The summed E-state index contributed by atoms with van der Waals surface area (Å²) >= 11 is 12.4. The van der Waals surface area contributed by atoms with Gasteiger partial charge in [0.25, 0.3) is 5.91 Å². The van der Waals surface area contributed by atoms with Crippen molar-refractivity contribution < 1.29 is 14.3 Å². The van der Waals surface area contributed by atoms with Gasteiger partial charge in [-0.15, -0.1) is 0 Å². The molecular weight excluding hydrogens is 489 g/mol. The number of rotatable bonds is 5. The zero-order chi connectivity index (χ0) is 24.7. The van der Waals surface area contributed by atoms with Crippen LogP contribution in [-0.2, 0) is 0 Å². The molecule has 2 heterocycles. The van der Waals surface area contributed by atoms with Crippen LogP contribution in [0.25, 0.3) is 27.9 Å². The number of amides is 1. The summed E-state index contributed by atoms with van der Waals surface area (Å²) in [5.41, 5.74) is 9.88. The number of aromatic nitrogens is 3. The maximum atomic E-state index is 13.5. The number of fused-ring (bicyclic) bond motifs is 2. The highest BCUT2D eigenvalue weighted by Crippen LogP contribution is 2.35. The lowest BCUT2D eigenvalue weighted by atomic mass is 10.2. The van der Waals surface area contributed by atoms with Gasteiger partial charge in [0.05, 0.1) is 41.0 Å². The fraction of sp³-hybridized carbons (Fsp3) is 0.0800. The van der Waals surface area contributed by atoms with Gasteiger partial charge in [0.15, 0.2) is 17.1 Å². The van der Waals surface area contributed by atoms with Crippen molar-refractivity contribution in [2.75, 3.05) is 25.3 Å². The SMILES string of the molecule is COc1ccc(NC(=O)c2c(N)n(-c3ccc(Cl)c(Cl)c3)c3nc4ccccc4nc23)cc1OC. The van der Waals surface area contributed by atoms with E-state index in [0.717, 1.165) is 0 Å². The lowest BCUT2D eigenvalue weighted by molar-refractivity contribution is 0.102. The van der Waals surface area contributed by atoms with Crippen molar-refractivity contribution in [1.29, 1.82) is 0 Å². The first-order chi connectivity index (χ1) is 16.9. The molecular formula is C25H19Cl2N5O3. The van der Waals surface area contributed by atoms with Crippen LogP contribution in [0.4, 0.5) is 11.5 Å². The summed E-state index contributed by atoms with van der Waals surface area (Å²) in [6, 6.07) is 17.5. The Morgan fingerprint density at radius 2 is 1.63 bits per heavy atom. The number of hydrogen-bond donors (Lipinski definition) is 2. The third-order valence-corrected chi connectivity index (χ3v) is 6.27. The molecule has 0 aliphatic heterocycles. The van der Waals surface area contributed by atoms with Gasteiger partial charge in [0.2, 0.25) is 0 Å². The summed E-state index contributed by atoms with van der Waals surface area (Å²) in [4.78, 5) is 23.0. The first-order valence-electron chi connectivity index (χ1n) is 10.5. The fourth-order valence-corrected chi connectivity index (χ4v) is 4.17. The van der Waals surface area contributed by atoms with E-state index in [2.05, 4.69) is 5.32 Å². The molecule has 3 aromatic carbocycles. The Morgan fingerprint density at radius 3 is 2.31 bits per heavy atom. The van der Waals surface area contributed by atoms with Crippen molar-refractivity contribution in [3.63, 3.8) is 0 Å². The van der Waals surface area contributed by atoms with E-state index < -0.39 is 5.91 Å². The van der Waals surface area contributed by atoms with Gasteiger partial charge < -0.3 is 20.5 Å². The van der Waals surface area contributed by atoms with Gasteiger partial charge in [-0.1, -0.05) is 35.3 Å². The van der Waals surface area contributed by atoms with Crippen molar-refractivity contribution >= 4 is 62.8 Å². The minimum absolute atomic E-state index is 0.159. The number of anilines is 2. The molecule has 8 nitrogen and oxygen atoms in total. The highest BCUT2D eigenvalue weighted by atomic mass is 35.5. The topological polar surface area (TPSA) is 104 Å². The van der Waals surface area contributed by atoms with E-state index in [1.54, 1.807) is 41.0 Å². The number of carbonyl (C=O) groups excluding carboxylic acids is 1. The van der Waals surface area contributed by atoms with Crippen LogP contribution in [-0.4, -0.2) is 34.7 Å². The molecule has 1 amide bonds. The molecule has 0 aliphatic carbocycles. The lowest BCUT2D eigenvalue weighted by Gasteiger charge is -2.11. The molecule has 5 rings (SSSR count). The van der Waals surface area contributed by atoms with Crippen LogP contribution in [0.2, 0.25) is 10.0 Å². The zero-order valence-electron chi connectivity index (χ0n) is 18.7. The predicted octanol–water partition coefficient (Wildman–Crippen LogP) is 5.73. The molecule has 0 radical (unpaired) electrons. The summed E-state index contributed by atoms with van der Waals surface area (Å²) in [6.45, 7) is 0. The van der Waals surface area contributed by atoms with Crippen LogP contribution >= 0.6 is 23.2 Å². The van der Waals surface area contributed by atoms with E-state index >= 15 is 0 Å². The van der Waals surface area contributed by atoms with Gasteiger partial charge in [-0.2, -0.15) is 0 Å². The summed E-state index contributed by atoms with van der Waals surface area (Å²) in [7, 11) is 3.06. The maximum absolute atomic E-state index is 13.5. The summed E-state index contributed by atoms with van der Waals surface area (Å²) in [6.07, 6.45) is 0. The molecule has 35 heavy (non-hydrogen) atoms. The van der Waals surface area contributed by atoms with E-state index in [9.17, 15) is 4.79 Å². The Bertz CT molecular complexity index is 1620. The number of carbonyl (C=O) groups is 1. The van der Waals surface area contributed by atoms with Gasteiger partial charge in [-0.25, -0.2) is 9.97 Å². The van der Waals surface area contributed by atoms with Crippen molar-refractivity contribution in [2.45, 2.75) is 0 Å². The Hall–Kier alpha value is -4.01. The summed E-state index contributed by atoms with van der Waals surface area (Å²) in [5, 5.41) is 3.61. The third kappa shape index (κ3) is 3.96. The largest absolute Gasteiger partial charge is 0.493 e. The van der Waals surface area contributed by atoms with Gasteiger partial charge in [-0.05, 0) is 42.5 Å². The van der Waals surface area contributed by atoms with E-state index in [0.29, 0.717) is 55.1 Å². The van der Waals surface area contributed by atoms with Gasteiger partial charge in [0, 0.05) is 11.8 Å². The minimum atomic E-state index is -0.455. The van der Waals surface area contributed by atoms with Crippen molar-refractivity contribution in [3.05, 3.63) is 76.3 Å². The van der Waals surface area contributed by atoms with Crippen LogP contribution in [0.15, 0.2) is 60.7 Å². The van der Waals surface area contributed by atoms with E-state index in [4.69, 9.17) is 48.4 Å². The minimum Gasteiger partial charge on any atom is -0.493 e. The Balaban J connectivity index is 1.70. The van der Waals surface area contributed by atoms with Gasteiger partial charge in [-0.3, -0.25) is 9.36 Å². The third-order valence-electron chi connectivity index (χ3n) is 5.53. The lowest BCUT2D eigenvalue weighted by Crippen LogP contribution is -2.14. The first kappa shape index (κ1) is 22.8. The number of nitrogens with one attached hydrogen (secondary N) is 1. The highest BCUT2D eigenvalue weighted by Gasteiger charge is 2.25. The van der Waals surface area contributed by atoms with E-state index in [-0.39, 0.29) is 11.4 Å². The number of benzene rings is 3. The number of halogens is 2. The highest BCUT2D eigenvalue weighted by molar-refractivity contribution is 6.42. The number of hydrogen-bond acceptors (Lipinski definition) is 6. The molecule has 0 saturated heterocycles. The normalized spacial score (nSPS) is 11.1. The predicted molar refractivity (Wildman–Crippen MR) is 138 cm³/mol. The second-order valence-corrected chi connectivity index (χ2v) is 8.42. The average Bonchev–Trinajstić information content (AvgIpc) is 3.14. The molecule has 0 spiro atoms. The quantitative estimate of drug-likeness (QED) is 0.314. The second-order valence-electron chi connectivity index (χ2n) is 7.60. The fourth-order valence-electron chi connectivity index (χ4n) is 3.88. The average molecular weight is 508 g/mol. The molecule has 176 valence electrons. The van der Waals surface area contributed by atoms with Crippen LogP contribution in [0.5, 0.6) is 11.5 Å². The van der Waals surface area contributed by atoms with Crippen molar-refractivity contribution in [3.8, 4) is 17.2 Å². The van der Waals surface area contributed by atoms with E-state index in [1.165, 1.54) is 14.2 Å². The van der Waals surface area contributed by atoms with Crippen LogP contribution < -0.4 is 20.5 Å². The Kier molecular flexibility index (Phi) is 5.84. The van der Waals surface area contributed by atoms with Crippen LogP contribution in [0, 0.1) is 0 Å². The molecule has 0 aliphatic rings. The monoisotopic (exact) mass is 507 g/mol. The summed E-state index contributed by atoms with van der Waals surface area (Å²) in [5.74, 6) is 0.718. The van der Waals surface area contributed by atoms with Crippen molar-refractivity contribution in [1.82, 2.24) is 14.5 Å². The number of ether oxygens (including phenoxy) is 2. The van der Waals surface area contributed by atoms with Gasteiger partial charge in [0.1, 0.15) is 16.9 Å². The summed E-state index contributed by atoms with van der Waals surface area (Å²) < 4.78 is 12.2.